The van der Waals surface area contributed by atoms with E-state index in [4.69, 9.17) is 0 Å². The molecule has 3 rings (SSSR count). The fourth-order valence-corrected chi connectivity index (χ4v) is 3.37. The minimum absolute atomic E-state index is 0.720. The first-order chi connectivity index (χ1) is 11.3. The number of rotatable bonds is 4. The van der Waals surface area contributed by atoms with Crippen LogP contribution in [-0.2, 0) is 0 Å². The maximum atomic E-state index is 4.59. The molecule has 23 heavy (non-hydrogen) atoms. The SMILES string of the molecule is CCN=c1scc(-c2cccc(Br)c2)n1N=Cc1ccccn1. The molecule has 0 aliphatic carbocycles. The van der Waals surface area contributed by atoms with Gasteiger partial charge in [-0.3, -0.25) is 9.98 Å². The molecule has 2 aromatic heterocycles. The van der Waals surface area contributed by atoms with E-state index in [-0.39, 0.29) is 0 Å². The molecule has 1 aromatic carbocycles. The number of hydrogen-bond acceptors (Lipinski definition) is 4. The normalized spacial score (nSPS) is 12.2. The van der Waals surface area contributed by atoms with Crippen LogP contribution in [0.15, 0.2) is 68.6 Å². The molecule has 0 atom stereocenters. The molecule has 116 valence electrons. The van der Waals surface area contributed by atoms with E-state index >= 15 is 0 Å². The number of aromatic nitrogens is 2. The Morgan fingerprint density at radius 1 is 1.26 bits per heavy atom. The average Bonchev–Trinajstić information content (AvgIpc) is 2.97. The number of hydrogen-bond donors (Lipinski definition) is 0. The zero-order valence-corrected chi connectivity index (χ0v) is 15.0. The molecule has 0 fully saturated rings. The van der Waals surface area contributed by atoms with Crippen LogP contribution in [0.25, 0.3) is 11.3 Å². The molecule has 0 saturated heterocycles. The highest BCUT2D eigenvalue weighted by Crippen LogP contribution is 2.23. The van der Waals surface area contributed by atoms with Crippen LogP contribution < -0.4 is 4.80 Å². The maximum Gasteiger partial charge on any atom is 0.206 e. The maximum absolute atomic E-state index is 4.59. The summed E-state index contributed by atoms with van der Waals surface area (Å²) in [6, 6.07) is 13.9. The smallest absolute Gasteiger partial charge is 0.206 e. The van der Waals surface area contributed by atoms with Gasteiger partial charge in [0.1, 0.15) is 0 Å². The lowest BCUT2D eigenvalue weighted by atomic mass is 10.2. The van der Waals surface area contributed by atoms with E-state index in [1.807, 2.05) is 41.9 Å². The van der Waals surface area contributed by atoms with Crippen LogP contribution in [0, 0.1) is 0 Å². The Kier molecular flexibility index (Phi) is 5.15. The Balaban J connectivity index is 2.08. The van der Waals surface area contributed by atoms with Gasteiger partial charge in [-0.05, 0) is 31.2 Å². The molecule has 0 aliphatic heterocycles. The summed E-state index contributed by atoms with van der Waals surface area (Å²) in [5.74, 6) is 0. The molecule has 0 aliphatic rings. The highest BCUT2D eigenvalue weighted by atomic mass is 79.9. The van der Waals surface area contributed by atoms with Crippen molar-refractivity contribution in [3.05, 3.63) is 69.0 Å². The van der Waals surface area contributed by atoms with Crippen molar-refractivity contribution < 1.29 is 0 Å². The van der Waals surface area contributed by atoms with E-state index < -0.39 is 0 Å². The molecule has 0 spiro atoms. The number of benzene rings is 1. The fraction of sp³-hybridized carbons (Fsp3) is 0.118. The second-order valence-electron chi connectivity index (χ2n) is 4.70. The number of nitrogens with zero attached hydrogens (tertiary/aromatic N) is 4. The molecule has 4 nitrogen and oxygen atoms in total. The lowest BCUT2D eigenvalue weighted by Crippen LogP contribution is -2.12. The number of halogens is 1. The van der Waals surface area contributed by atoms with Gasteiger partial charge in [0.25, 0.3) is 0 Å². The van der Waals surface area contributed by atoms with Gasteiger partial charge in [-0.25, -0.2) is 4.68 Å². The van der Waals surface area contributed by atoms with Crippen LogP contribution in [0.5, 0.6) is 0 Å². The van der Waals surface area contributed by atoms with Gasteiger partial charge >= 0.3 is 0 Å². The van der Waals surface area contributed by atoms with E-state index in [2.05, 4.69) is 48.5 Å². The molecule has 2 heterocycles. The van der Waals surface area contributed by atoms with Crippen LogP contribution in [0.1, 0.15) is 12.6 Å². The monoisotopic (exact) mass is 386 g/mol. The van der Waals surface area contributed by atoms with Gasteiger partial charge in [0.15, 0.2) is 0 Å². The van der Waals surface area contributed by atoms with Crippen molar-refractivity contribution in [1.82, 2.24) is 9.66 Å². The highest BCUT2D eigenvalue weighted by molar-refractivity contribution is 9.10. The largest absolute Gasteiger partial charge is 0.258 e. The molecule has 0 bridgehead atoms. The van der Waals surface area contributed by atoms with Crippen LogP contribution >= 0.6 is 27.3 Å². The lowest BCUT2D eigenvalue weighted by Gasteiger charge is -2.04. The van der Waals surface area contributed by atoms with E-state index in [0.29, 0.717) is 0 Å². The molecular weight excluding hydrogens is 372 g/mol. The Labute approximate surface area is 147 Å². The first kappa shape index (κ1) is 15.8. The van der Waals surface area contributed by atoms with Gasteiger partial charge in [-0.1, -0.05) is 34.1 Å². The minimum atomic E-state index is 0.720. The fourth-order valence-electron chi connectivity index (χ4n) is 2.07. The third-order valence-electron chi connectivity index (χ3n) is 3.09. The Hall–Kier alpha value is -2.05. The summed E-state index contributed by atoms with van der Waals surface area (Å²) in [4.78, 5) is 9.67. The summed E-state index contributed by atoms with van der Waals surface area (Å²) < 4.78 is 2.90. The van der Waals surface area contributed by atoms with Crippen molar-refractivity contribution >= 4 is 33.5 Å². The predicted octanol–water partition coefficient (Wildman–Crippen LogP) is 4.18. The highest BCUT2D eigenvalue weighted by Gasteiger charge is 2.07. The summed E-state index contributed by atoms with van der Waals surface area (Å²) in [6.07, 6.45) is 3.51. The van der Waals surface area contributed by atoms with Crippen molar-refractivity contribution in [3.8, 4) is 11.3 Å². The summed E-state index contributed by atoms with van der Waals surface area (Å²) in [5.41, 5.74) is 2.91. The molecule has 3 aromatic rings. The first-order valence-corrected chi connectivity index (χ1v) is 8.87. The van der Waals surface area contributed by atoms with Crippen LogP contribution in [0.4, 0.5) is 0 Å². The zero-order chi connectivity index (χ0) is 16.1. The Morgan fingerprint density at radius 2 is 2.17 bits per heavy atom. The Bertz CT molecular complexity index is 881. The molecule has 0 N–H and O–H groups in total. The van der Waals surface area contributed by atoms with Gasteiger partial charge in [0.2, 0.25) is 4.80 Å². The standard InChI is InChI=1S/C17H15BrN4S/c1-2-19-17-22(21-11-15-8-3-4-9-20-15)16(12-23-17)13-6-5-7-14(18)10-13/h3-12H,2H2,1H3. The summed E-state index contributed by atoms with van der Waals surface area (Å²) >= 11 is 5.10. The molecule has 0 unspecified atom stereocenters. The number of thiazole rings is 1. The van der Waals surface area contributed by atoms with Crippen LogP contribution in [-0.4, -0.2) is 22.4 Å². The van der Waals surface area contributed by atoms with Gasteiger partial charge in [-0.15, -0.1) is 11.3 Å². The average molecular weight is 387 g/mol. The molecule has 0 saturated carbocycles. The minimum Gasteiger partial charge on any atom is -0.258 e. The van der Waals surface area contributed by atoms with E-state index in [1.165, 1.54) is 0 Å². The quantitative estimate of drug-likeness (QED) is 0.620. The second-order valence-corrected chi connectivity index (χ2v) is 6.45. The lowest BCUT2D eigenvalue weighted by molar-refractivity contribution is 0.832. The van der Waals surface area contributed by atoms with Crippen molar-refractivity contribution in [2.24, 2.45) is 10.1 Å². The van der Waals surface area contributed by atoms with Gasteiger partial charge in [-0.2, -0.15) is 5.10 Å². The van der Waals surface area contributed by atoms with E-state index in [9.17, 15) is 0 Å². The van der Waals surface area contributed by atoms with Gasteiger partial charge < -0.3 is 0 Å². The predicted molar refractivity (Wildman–Crippen MR) is 98.8 cm³/mol. The van der Waals surface area contributed by atoms with Gasteiger partial charge in [0, 0.05) is 28.2 Å². The van der Waals surface area contributed by atoms with Gasteiger partial charge in [0.05, 0.1) is 17.6 Å². The first-order valence-electron chi connectivity index (χ1n) is 7.20. The van der Waals surface area contributed by atoms with E-state index in [1.54, 1.807) is 23.7 Å². The van der Waals surface area contributed by atoms with Crippen molar-refractivity contribution in [2.75, 3.05) is 6.54 Å². The molecular formula is C17H15BrN4S. The zero-order valence-electron chi connectivity index (χ0n) is 12.6. The van der Waals surface area contributed by atoms with Crippen LogP contribution in [0.3, 0.4) is 0 Å². The van der Waals surface area contributed by atoms with Crippen LogP contribution in [0.2, 0.25) is 0 Å². The molecule has 0 amide bonds. The van der Waals surface area contributed by atoms with Crippen molar-refractivity contribution in [2.45, 2.75) is 6.92 Å². The Morgan fingerprint density at radius 3 is 2.91 bits per heavy atom. The van der Waals surface area contributed by atoms with E-state index in [0.717, 1.165) is 32.8 Å². The number of pyridine rings is 1. The summed E-state index contributed by atoms with van der Waals surface area (Å²) in [5, 5.41) is 6.67. The summed E-state index contributed by atoms with van der Waals surface area (Å²) in [7, 11) is 0. The van der Waals surface area contributed by atoms with Crippen molar-refractivity contribution in [1.29, 1.82) is 0 Å². The van der Waals surface area contributed by atoms with Crippen molar-refractivity contribution in [3.63, 3.8) is 0 Å². The summed E-state index contributed by atoms with van der Waals surface area (Å²) in [6.45, 7) is 2.74. The molecule has 6 heteroatoms. The third kappa shape index (κ3) is 3.83. The molecule has 0 radical (unpaired) electrons. The topological polar surface area (TPSA) is 42.5 Å². The third-order valence-corrected chi connectivity index (χ3v) is 4.44. The second kappa shape index (κ2) is 7.48.